The smallest absolute Gasteiger partial charge is 0.0642 e. The minimum Gasteiger partial charge on any atom is -0.378 e. The number of morpholine rings is 1. The van der Waals surface area contributed by atoms with Gasteiger partial charge in [-0.05, 0) is 87.5 Å². The van der Waals surface area contributed by atoms with Gasteiger partial charge < -0.3 is 30.6 Å². The Morgan fingerprint density at radius 3 is 2.75 bits per heavy atom. The van der Waals surface area contributed by atoms with Crippen molar-refractivity contribution in [3.05, 3.63) is 29.3 Å². The molecule has 3 N–H and O–H groups in total. The second-order valence-corrected chi connectivity index (χ2v) is 9.18. The molecular weight excluding hydrogens is 398 g/mol. The molecule has 0 bridgehead atoms. The van der Waals surface area contributed by atoms with E-state index in [2.05, 4.69) is 51.0 Å². The minimum absolute atomic E-state index is 0.540. The first-order chi connectivity index (χ1) is 15.8. The van der Waals surface area contributed by atoms with E-state index in [1.807, 2.05) is 6.21 Å². The summed E-state index contributed by atoms with van der Waals surface area (Å²) in [5.74, 6) is 0.948. The number of hydrogen-bond donors (Lipinski definition) is 3. The number of ether oxygens (including phenoxy) is 1. The molecule has 3 aliphatic heterocycles. The van der Waals surface area contributed by atoms with E-state index < -0.39 is 0 Å². The maximum absolute atomic E-state index is 5.54. The summed E-state index contributed by atoms with van der Waals surface area (Å²) in [5, 5.41) is 10.9. The molecule has 0 aliphatic carbocycles. The van der Waals surface area contributed by atoms with E-state index in [1.54, 1.807) is 12.6 Å². The Hall–Kier alpha value is -1.47. The van der Waals surface area contributed by atoms with Crippen LogP contribution in [0.3, 0.4) is 0 Å². The maximum atomic E-state index is 5.54. The van der Waals surface area contributed by atoms with Gasteiger partial charge in [0.15, 0.2) is 0 Å². The van der Waals surface area contributed by atoms with Gasteiger partial charge in [-0.25, -0.2) is 0 Å². The average Bonchev–Trinajstić information content (AvgIpc) is 2.85. The highest BCUT2D eigenvalue weighted by Gasteiger charge is 2.23. The number of piperidine rings is 1. The van der Waals surface area contributed by atoms with Crippen LogP contribution in [0.1, 0.15) is 50.2 Å². The molecule has 2 fully saturated rings. The average molecular weight is 444 g/mol. The summed E-state index contributed by atoms with van der Waals surface area (Å²) in [6.45, 7) is 11.5. The molecule has 1 atom stereocenters. The predicted octanol–water partition coefficient (Wildman–Crippen LogP) is 3.00. The van der Waals surface area contributed by atoms with Crippen LogP contribution in [-0.2, 0) is 17.7 Å². The van der Waals surface area contributed by atoms with Crippen molar-refractivity contribution in [2.24, 2.45) is 10.9 Å². The summed E-state index contributed by atoms with van der Waals surface area (Å²) in [5.41, 5.74) is 4.47. The molecule has 1 aromatic carbocycles. The normalized spacial score (nSPS) is 21.8. The molecule has 0 spiro atoms. The lowest BCUT2D eigenvalue weighted by atomic mass is 9.92. The Bertz CT molecular complexity index is 668. The van der Waals surface area contributed by atoms with Crippen molar-refractivity contribution in [1.29, 1.82) is 0 Å². The molecule has 0 amide bonds. The van der Waals surface area contributed by atoms with Crippen LogP contribution < -0.4 is 20.9 Å². The third-order valence-corrected chi connectivity index (χ3v) is 6.81. The van der Waals surface area contributed by atoms with E-state index in [-0.39, 0.29) is 0 Å². The van der Waals surface area contributed by atoms with Crippen LogP contribution in [0, 0.1) is 5.92 Å². The van der Waals surface area contributed by atoms with E-state index in [0.717, 1.165) is 64.7 Å². The highest BCUT2D eigenvalue weighted by molar-refractivity contribution is 5.58. The Morgan fingerprint density at radius 1 is 1.22 bits per heavy atom. The highest BCUT2D eigenvalue weighted by atomic mass is 16.5. The van der Waals surface area contributed by atoms with Gasteiger partial charge in [0.25, 0.3) is 0 Å². The molecule has 6 heteroatoms. The molecule has 1 unspecified atom stereocenters. The van der Waals surface area contributed by atoms with Gasteiger partial charge in [-0.1, -0.05) is 19.1 Å². The fraction of sp³-hybridized carbons (Fsp3) is 0.731. The third-order valence-electron chi connectivity index (χ3n) is 6.81. The zero-order valence-electron chi connectivity index (χ0n) is 20.4. The van der Waals surface area contributed by atoms with E-state index in [0.29, 0.717) is 6.04 Å². The van der Waals surface area contributed by atoms with Gasteiger partial charge in [0, 0.05) is 45.0 Å². The monoisotopic (exact) mass is 443 g/mol. The zero-order valence-corrected chi connectivity index (χ0v) is 20.4. The summed E-state index contributed by atoms with van der Waals surface area (Å²) in [6.07, 6.45) is 9.49. The standard InChI is InChI=1S/C22H36N4O.C4H9N/c1-4-19-16-25-20(17-24-8-2-3-18-6-9-23-10-7-18)15-21(19)22(5-1)26-11-13-27-14-12-26;1-3-4-5-2/h1,4-5,18,20,23-25H,2-3,6-17H2;4H,3H2,1-2H3. The molecule has 4 rings (SSSR count). The van der Waals surface area contributed by atoms with Crippen LogP contribution in [0.4, 0.5) is 5.69 Å². The van der Waals surface area contributed by atoms with Gasteiger partial charge in [0.2, 0.25) is 0 Å². The minimum atomic E-state index is 0.540. The van der Waals surface area contributed by atoms with Gasteiger partial charge >= 0.3 is 0 Å². The number of nitrogens with zero attached hydrogens (tertiary/aromatic N) is 2. The highest BCUT2D eigenvalue weighted by Crippen LogP contribution is 2.28. The molecule has 3 aliphatic rings. The summed E-state index contributed by atoms with van der Waals surface area (Å²) in [6, 6.07) is 7.34. The summed E-state index contributed by atoms with van der Waals surface area (Å²) < 4.78 is 5.54. The summed E-state index contributed by atoms with van der Waals surface area (Å²) in [4.78, 5) is 6.24. The van der Waals surface area contributed by atoms with Crippen LogP contribution in [-0.4, -0.2) is 71.8 Å². The Labute approximate surface area is 195 Å². The van der Waals surface area contributed by atoms with Crippen LogP contribution in [0.25, 0.3) is 0 Å². The summed E-state index contributed by atoms with van der Waals surface area (Å²) in [7, 11) is 1.78. The van der Waals surface area contributed by atoms with Crippen molar-refractivity contribution in [3.8, 4) is 0 Å². The maximum Gasteiger partial charge on any atom is 0.0642 e. The van der Waals surface area contributed by atoms with Crippen molar-refractivity contribution < 1.29 is 4.74 Å². The summed E-state index contributed by atoms with van der Waals surface area (Å²) >= 11 is 0. The van der Waals surface area contributed by atoms with Crippen LogP contribution in [0.5, 0.6) is 0 Å². The number of rotatable bonds is 8. The van der Waals surface area contributed by atoms with Crippen LogP contribution in [0.2, 0.25) is 0 Å². The number of fused-ring (bicyclic) bond motifs is 1. The molecular formula is C26H45N5O. The lowest BCUT2D eigenvalue weighted by Gasteiger charge is -2.34. The lowest BCUT2D eigenvalue weighted by molar-refractivity contribution is 0.122. The van der Waals surface area contributed by atoms with Crippen molar-refractivity contribution >= 4 is 11.9 Å². The van der Waals surface area contributed by atoms with Crippen molar-refractivity contribution in [2.45, 2.75) is 58.0 Å². The predicted molar refractivity (Wildman–Crippen MR) is 136 cm³/mol. The van der Waals surface area contributed by atoms with Crippen molar-refractivity contribution in [1.82, 2.24) is 16.0 Å². The SMILES string of the molecule is CCC=NC.c1cc2c(c(N3CCOCC3)c1)CC(CNCCCC1CCNCC1)NC2. The Kier molecular flexibility index (Phi) is 11.5. The fourth-order valence-electron chi connectivity index (χ4n) is 4.99. The topological polar surface area (TPSA) is 60.9 Å². The Morgan fingerprint density at radius 2 is 2.03 bits per heavy atom. The van der Waals surface area contributed by atoms with E-state index in [4.69, 9.17) is 4.74 Å². The first kappa shape index (κ1) is 25.2. The van der Waals surface area contributed by atoms with Crippen LogP contribution >= 0.6 is 0 Å². The van der Waals surface area contributed by atoms with Gasteiger partial charge in [0.1, 0.15) is 0 Å². The fourth-order valence-corrected chi connectivity index (χ4v) is 4.99. The molecule has 0 radical (unpaired) electrons. The zero-order chi connectivity index (χ0) is 22.4. The largest absolute Gasteiger partial charge is 0.378 e. The quantitative estimate of drug-likeness (QED) is 0.426. The molecule has 180 valence electrons. The van der Waals surface area contributed by atoms with Gasteiger partial charge in [-0.15, -0.1) is 0 Å². The second-order valence-electron chi connectivity index (χ2n) is 9.18. The second kappa shape index (κ2) is 14.6. The van der Waals surface area contributed by atoms with Gasteiger partial charge in [0.05, 0.1) is 13.2 Å². The lowest BCUT2D eigenvalue weighted by Crippen LogP contribution is -2.44. The third kappa shape index (κ3) is 8.14. The molecule has 2 saturated heterocycles. The van der Waals surface area contributed by atoms with E-state index in [9.17, 15) is 0 Å². The number of aliphatic imine (C=N–C) groups is 1. The first-order valence-electron chi connectivity index (χ1n) is 12.8. The van der Waals surface area contributed by atoms with E-state index in [1.165, 1.54) is 50.0 Å². The number of benzene rings is 1. The molecule has 32 heavy (non-hydrogen) atoms. The van der Waals surface area contributed by atoms with Crippen molar-refractivity contribution in [3.63, 3.8) is 0 Å². The molecule has 1 aromatic rings. The molecule has 3 heterocycles. The van der Waals surface area contributed by atoms with Crippen LogP contribution in [0.15, 0.2) is 23.2 Å². The molecule has 0 saturated carbocycles. The number of anilines is 1. The Balaban J connectivity index is 0.000000523. The molecule has 6 nitrogen and oxygen atoms in total. The molecule has 0 aromatic heterocycles. The van der Waals surface area contributed by atoms with Gasteiger partial charge in [-0.3, -0.25) is 0 Å². The first-order valence-corrected chi connectivity index (χ1v) is 12.8. The number of hydrogen-bond acceptors (Lipinski definition) is 6. The van der Waals surface area contributed by atoms with Crippen molar-refractivity contribution in [2.75, 3.05) is 64.4 Å². The number of nitrogens with one attached hydrogen (secondary N) is 3. The van der Waals surface area contributed by atoms with E-state index >= 15 is 0 Å². The van der Waals surface area contributed by atoms with Gasteiger partial charge in [-0.2, -0.15) is 0 Å².